The van der Waals surface area contributed by atoms with Gasteiger partial charge in [0.25, 0.3) is 0 Å². The Balaban J connectivity index is 2.81. The summed E-state index contributed by atoms with van der Waals surface area (Å²) in [5.74, 6) is 1.05. The lowest BCUT2D eigenvalue weighted by Gasteiger charge is -2.28. The number of rotatable bonds is 1. The third-order valence-corrected chi connectivity index (χ3v) is 5.59. The third kappa shape index (κ3) is 7.17. The van der Waals surface area contributed by atoms with Gasteiger partial charge in [-0.2, -0.15) is 0 Å². The van der Waals surface area contributed by atoms with Crippen LogP contribution in [0, 0.1) is 23.7 Å². The largest absolute Gasteiger partial charge is 0.393 e. The van der Waals surface area contributed by atoms with E-state index in [0.29, 0.717) is 25.2 Å². The summed E-state index contributed by atoms with van der Waals surface area (Å²) in [5.41, 5.74) is 1.09. The Morgan fingerprint density at radius 2 is 1.61 bits per heavy atom. The number of aliphatic hydroxyl groups excluding tert-OH is 2. The Kier molecular flexibility index (Phi) is 8.49. The van der Waals surface area contributed by atoms with Crippen LogP contribution >= 0.6 is 0 Å². The normalized spacial score (nSPS) is 38.8. The summed E-state index contributed by atoms with van der Waals surface area (Å²) in [6, 6.07) is 0. The highest BCUT2D eigenvalue weighted by Gasteiger charge is 2.25. The Morgan fingerprint density at radius 1 is 0.957 bits per heavy atom. The molecule has 0 bridgehead atoms. The van der Waals surface area contributed by atoms with Crippen LogP contribution in [-0.4, -0.2) is 28.2 Å². The molecule has 0 aromatic rings. The number of carbonyl (C=O) groups is 1. The van der Waals surface area contributed by atoms with Gasteiger partial charge in [0.1, 0.15) is 5.78 Å². The highest BCUT2D eigenvalue weighted by atomic mass is 16.3. The van der Waals surface area contributed by atoms with Gasteiger partial charge in [0, 0.05) is 12.8 Å². The Hall–Kier alpha value is -0.670. The van der Waals surface area contributed by atoms with E-state index in [-0.39, 0.29) is 29.6 Å². The van der Waals surface area contributed by atoms with Gasteiger partial charge in [-0.25, -0.2) is 0 Å². The van der Waals surface area contributed by atoms with Gasteiger partial charge >= 0.3 is 0 Å². The second-order valence-electron chi connectivity index (χ2n) is 8.08. The average Bonchev–Trinajstić information content (AvgIpc) is 2.46. The van der Waals surface area contributed by atoms with Gasteiger partial charge in [0.2, 0.25) is 0 Å². The number of allylic oxidation sites excluding steroid dienone is 1. The van der Waals surface area contributed by atoms with E-state index < -0.39 is 6.10 Å². The summed E-state index contributed by atoms with van der Waals surface area (Å²) in [4.78, 5) is 12.2. The fourth-order valence-electron chi connectivity index (χ4n) is 3.55. The molecule has 6 atom stereocenters. The summed E-state index contributed by atoms with van der Waals surface area (Å²) in [6.45, 7) is 12.2. The predicted molar refractivity (Wildman–Crippen MR) is 95.1 cm³/mol. The highest BCUT2D eigenvalue weighted by molar-refractivity contribution is 5.78. The Bertz CT molecular complexity index is 390. The zero-order valence-electron chi connectivity index (χ0n) is 15.4. The van der Waals surface area contributed by atoms with Gasteiger partial charge in [0.05, 0.1) is 12.2 Å². The van der Waals surface area contributed by atoms with Crippen LogP contribution in [0.2, 0.25) is 0 Å². The molecular formula is C20H36O3. The molecule has 0 spiro atoms. The second-order valence-corrected chi connectivity index (χ2v) is 8.08. The molecule has 1 aliphatic carbocycles. The zero-order chi connectivity index (χ0) is 17.6. The molecule has 3 nitrogen and oxygen atoms in total. The molecule has 1 fully saturated rings. The molecule has 0 radical (unpaired) electrons. The van der Waals surface area contributed by atoms with Crippen LogP contribution in [0.5, 0.6) is 0 Å². The quantitative estimate of drug-likeness (QED) is 0.713. The fourth-order valence-corrected chi connectivity index (χ4v) is 3.55. The first kappa shape index (κ1) is 20.4. The number of hydrogen-bond donors (Lipinski definition) is 2. The minimum absolute atomic E-state index is 0.00232. The van der Waals surface area contributed by atoms with Gasteiger partial charge in [-0.1, -0.05) is 32.9 Å². The van der Waals surface area contributed by atoms with Crippen molar-refractivity contribution < 1.29 is 15.0 Å². The first-order valence-electron chi connectivity index (χ1n) is 9.23. The lowest BCUT2D eigenvalue weighted by molar-refractivity contribution is -0.121. The standard InChI is InChI=1S/C20H36O3/c1-13(2)17-8-7-15(4)19(22)9-6-14(3)10-18(21)11-16(5)20(23)12-17/h14-17,19-20,22-23H,1,6-12H2,2-5H3/t14-,15-,16-,17-,19-,20-/m1/s1. The molecular weight excluding hydrogens is 288 g/mol. The van der Waals surface area contributed by atoms with E-state index in [1.165, 1.54) is 0 Å². The number of Topliss-reactive ketones (excluding diaryl/α,β-unsaturated/α-hetero) is 1. The minimum Gasteiger partial charge on any atom is -0.393 e. The molecule has 134 valence electrons. The smallest absolute Gasteiger partial charge is 0.133 e. The molecule has 1 saturated carbocycles. The van der Waals surface area contributed by atoms with Crippen molar-refractivity contribution >= 4 is 5.78 Å². The Labute approximate surface area is 142 Å². The molecule has 0 unspecified atom stereocenters. The van der Waals surface area contributed by atoms with E-state index in [4.69, 9.17) is 0 Å². The predicted octanol–water partition coefficient (Wildman–Crippen LogP) is 4.12. The maximum absolute atomic E-state index is 12.2. The average molecular weight is 325 g/mol. The van der Waals surface area contributed by atoms with Crippen molar-refractivity contribution in [3.05, 3.63) is 12.2 Å². The number of carbonyl (C=O) groups excluding carboxylic acids is 1. The van der Waals surface area contributed by atoms with Gasteiger partial charge in [0.15, 0.2) is 0 Å². The van der Waals surface area contributed by atoms with Crippen molar-refractivity contribution in [2.45, 2.75) is 84.8 Å². The maximum atomic E-state index is 12.2. The van der Waals surface area contributed by atoms with Crippen molar-refractivity contribution in [3.8, 4) is 0 Å². The van der Waals surface area contributed by atoms with Crippen LogP contribution in [0.3, 0.4) is 0 Å². The molecule has 0 amide bonds. The summed E-state index contributed by atoms with van der Waals surface area (Å²) >= 11 is 0. The summed E-state index contributed by atoms with van der Waals surface area (Å²) in [5, 5.41) is 20.8. The molecule has 2 N–H and O–H groups in total. The fraction of sp³-hybridized carbons (Fsp3) is 0.850. The van der Waals surface area contributed by atoms with E-state index in [2.05, 4.69) is 20.4 Å². The van der Waals surface area contributed by atoms with E-state index in [1.807, 2.05) is 13.8 Å². The van der Waals surface area contributed by atoms with Crippen molar-refractivity contribution in [2.24, 2.45) is 23.7 Å². The van der Waals surface area contributed by atoms with Crippen molar-refractivity contribution in [1.82, 2.24) is 0 Å². The number of hydrogen-bond acceptors (Lipinski definition) is 3. The molecule has 0 saturated heterocycles. The molecule has 0 aromatic heterocycles. The summed E-state index contributed by atoms with van der Waals surface area (Å²) in [6.07, 6.45) is 4.47. The van der Waals surface area contributed by atoms with Crippen molar-refractivity contribution in [2.75, 3.05) is 0 Å². The molecule has 0 heterocycles. The first-order valence-corrected chi connectivity index (χ1v) is 9.23. The van der Waals surface area contributed by atoms with Crippen LogP contribution in [0.15, 0.2) is 12.2 Å². The SMILES string of the molecule is C=C(C)[C@@H]1CC[C@@H](C)[C@H](O)CC[C@@H](C)CC(=O)C[C@@H](C)[C@H](O)C1. The molecule has 23 heavy (non-hydrogen) atoms. The highest BCUT2D eigenvalue weighted by Crippen LogP contribution is 2.29. The monoisotopic (exact) mass is 324 g/mol. The topological polar surface area (TPSA) is 57.5 Å². The third-order valence-electron chi connectivity index (χ3n) is 5.59. The van der Waals surface area contributed by atoms with Crippen LogP contribution in [0.25, 0.3) is 0 Å². The van der Waals surface area contributed by atoms with Crippen LogP contribution in [0.4, 0.5) is 0 Å². The summed E-state index contributed by atoms with van der Waals surface area (Å²) < 4.78 is 0. The van der Waals surface area contributed by atoms with Crippen LogP contribution in [-0.2, 0) is 4.79 Å². The van der Waals surface area contributed by atoms with Gasteiger partial charge in [-0.05, 0) is 62.7 Å². The van der Waals surface area contributed by atoms with Crippen LogP contribution in [0.1, 0.15) is 72.6 Å². The lowest BCUT2D eigenvalue weighted by atomic mass is 9.81. The molecule has 0 aromatic carbocycles. The number of aliphatic hydroxyl groups is 2. The zero-order valence-corrected chi connectivity index (χ0v) is 15.4. The van der Waals surface area contributed by atoms with Crippen molar-refractivity contribution in [3.63, 3.8) is 0 Å². The molecule has 1 aliphatic rings. The lowest BCUT2D eigenvalue weighted by Crippen LogP contribution is -2.26. The van der Waals surface area contributed by atoms with E-state index in [1.54, 1.807) is 0 Å². The van der Waals surface area contributed by atoms with Gasteiger partial charge < -0.3 is 10.2 Å². The minimum atomic E-state index is -0.459. The second kappa shape index (κ2) is 9.58. The summed E-state index contributed by atoms with van der Waals surface area (Å²) in [7, 11) is 0. The first-order chi connectivity index (χ1) is 10.7. The van der Waals surface area contributed by atoms with E-state index in [9.17, 15) is 15.0 Å². The van der Waals surface area contributed by atoms with Crippen molar-refractivity contribution in [1.29, 1.82) is 0 Å². The molecule has 0 aliphatic heterocycles. The van der Waals surface area contributed by atoms with Gasteiger partial charge in [-0.3, -0.25) is 4.79 Å². The van der Waals surface area contributed by atoms with Crippen LogP contribution < -0.4 is 0 Å². The maximum Gasteiger partial charge on any atom is 0.133 e. The van der Waals surface area contributed by atoms with E-state index in [0.717, 1.165) is 31.3 Å². The Morgan fingerprint density at radius 3 is 2.22 bits per heavy atom. The molecule has 3 heteroatoms. The van der Waals surface area contributed by atoms with E-state index >= 15 is 0 Å². The van der Waals surface area contributed by atoms with Gasteiger partial charge in [-0.15, -0.1) is 0 Å². The number of ketones is 1. The molecule has 1 rings (SSSR count).